The lowest BCUT2D eigenvalue weighted by molar-refractivity contribution is -0.118. The summed E-state index contributed by atoms with van der Waals surface area (Å²) in [5, 5.41) is 7.51. The summed E-state index contributed by atoms with van der Waals surface area (Å²) in [5.41, 5.74) is 3.24. The van der Waals surface area contributed by atoms with E-state index in [1.807, 2.05) is 38.2 Å². The SMILES string of the molecule is CC(Cc1cccnc1)N[C@H](C)C(=O)Nc1cncc(-c2c[nH]c3ncc(Cl)cc23)n1. The number of H-pyrrole nitrogens is 1. The van der Waals surface area contributed by atoms with Crippen molar-refractivity contribution in [1.29, 1.82) is 0 Å². The highest BCUT2D eigenvalue weighted by Crippen LogP contribution is 2.28. The molecule has 0 saturated heterocycles. The van der Waals surface area contributed by atoms with Crippen LogP contribution in [0.2, 0.25) is 5.02 Å². The molecule has 0 saturated carbocycles. The summed E-state index contributed by atoms with van der Waals surface area (Å²) in [5.74, 6) is 0.188. The smallest absolute Gasteiger partial charge is 0.242 e. The number of pyridine rings is 2. The number of nitrogens with one attached hydrogen (secondary N) is 3. The molecule has 0 aliphatic rings. The predicted molar refractivity (Wildman–Crippen MR) is 121 cm³/mol. The summed E-state index contributed by atoms with van der Waals surface area (Å²) >= 11 is 6.08. The first-order valence-electron chi connectivity index (χ1n) is 9.90. The molecule has 4 aromatic heterocycles. The minimum atomic E-state index is -0.409. The Morgan fingerprint density at radius 3 is 2.87 bits per heavy atom. The van der Waals surface area contributed by atoms with Crippen LogP contribution in [0.1, 0.15) is 19.4 Å². The van der Waals surface area contributed by atoms with Crippen molar-refractivity contribution in [3.05, 3.63) is 66.0 Å². The maximum atomic E-state index is 12.7. The highest BCUT2D eigenvalue weighted by molar-refractivity contribution is 6.31. The Hall–Kier alpha value is -3.36. The quantitative estimate of drug-likeness (QED) is 0.409. The van der Waals surface area contributed by atoms with E-state index in [2.05, 4.69) is 35.6 Å². The van der Waals surface area contributed by atoms with E-state index in [9.17, 15) is 4.79 Å². The van der Waals surface area contributed by atoms with Crippen molar-refractivity contribution in [2.45, 2.75) is 32.4 Å². The van der Waals surface area contributed by atoms with E-state index in [1.165, 1.54) is 6.20 Å². The molecule has 2 atom stereocenters. The topological polar surface area (TPSA) is 108 Å². The molecule has 0 spiro atoms. The molecule has 4 rings (SSSR count). The second kappa shape index (κ2) is 9.20. The van der Waals surface area contributed by atoms with E-state index in [0.29, 0.717) is 22.2 Å². The zero-order chi connectivity index (χ0) is 21.8. The lowest BCUT2D eigenvalue weighted by Crippen LogP contribution is -2.43. The number of aromatic nitrogens is 5. The fourth-order valence-corrected chi connectivity index (χ4v) is 3.57. The molecule has 0 fully saturated rings. The largest absolute Gasteiger partial charge is 0.345 e. The zero-order valence-corrected chi connectivity index (χ0v) is 17.9. The van der Waals surface area contributed by atoms with Gasteiger partial charge in [-0.1, -0.05) is 17.7 Å². The number of carbonyl (C=O) groups excluding carboxylic acids is 1. The summed E-state index contributed by atoms with van der Waals surface area (Å²) < 4.78 is 0. The molecule has 0 aliphatic heterocycles. The number of hydrogen-bond acceptors (Lipinski definition) is 6. The highest BCUT2D eigenvalue weighted by atomic mass is 35.5. The van der Waals surface area contributed by atoms with Crippen LogP contribution in [-0.4, -0.2) is 42.9 Å². The van der Waals surface area contributed by atoms with Gasteiger partial charge in [0.15, 0.2) is 5.82 Å². The van der Waals surface area contributed by atoms with Crippen LogP contribution in [0.15, 0.2) is 55.4 Å². The summed E-state index contributed by atoms with van der Waals surface area (Å²) in [4.78, 5) is 32.9. The first-order chi connectivity index (χ1) is 15.0. The van der Waals surface area contributed by atoms with Gasteiger partial charge >= 0.3 is 0 Å². The first-order valence-corrected chi connectivity index (χ1v) is 10.3. The van der Waals surface area contributed by atoms with Crippen LogP contribution in [0, 0.1) is 0 Å². The van der Waals surface area contributed by atoms with E-state index in [-0.39, 0.29) is 11.9 Å². The molecule has 0 aliphatic carbocycles. The molecule has 0 bridgehead atoms. The van der Waals surface area contributed by atoms with Crippen LogP contribution < -0.4 is 10.6 Å². The van der Waals surface area contributed by atoms with Gasteiger partial charge in [-0.3, -0.25) is 14.8 Å². The van der Waals surface area contributed by atoms with Gasteiger partial charge in [0.25, 0.3) is 0 Å². The molecule has 3 N–H and O–H groups in total. The second-order valence-electron chi connectivity index (χ2n) is 7.39. The Kier molecular flexibility index (Phi) is 6.20. The van der Waals surface area contributed by atoms with Gasteiger partial charge < -0.3 is 15.6 Å². The lowest BCUT2D eigenvalue weighted by Gasteiger charge is -2.19. The van der Waals surface area contributed by atoms with Crippen molar-refractivity contribution in [2.24, 2.45) is 0 Å². The van der Waals surface area contributed by atoms with Crippen molar-refractivity contribution >= 4 is 34.4 Å². The van der Waals surface area contributed by atoms with Crippen LogP contribution in [0.3, 0.4) is 0 Å². The number of hydrogen-bond donors (Lipinski definition) is 3. The third kappa shape index (κ3) is 5.04. The molecular weight excluding hydrogens is 414 g/mol. The second-order valence-corrected chi connectivity index (χ2v) is 7.82. The standard InChI is InChI=1S/C22H22ClN7O/c1-13(6-15-4-3-5-24-8-15)28-14(2)22(31)30-20-12-25-11-19(29-20)18-10-27-21-17(18)7-16(23)9-26-21/h3-5,7-14,28H,6H2,1-2H3,(H,26,27)(H,29,30,31)/t13?,14-/m1/s1. The molecule has 4 aromatic rings. The Bertz CT molecular complexity index is 1190. The number of halogens is 1. The molecular formula is C22H22ClN7O. The molecule has 0 aromatic carbocycles. The Balaban J connectivity index is 1.43. The average Bonchev–Trinajstić information content (AvgIpc) is 3.17. The predicted octanol–water partition coefficient (Wildman–Crippen LogP) is 3.62. The van der Waals surface area contributed by atoms with E-state index in [0.717, 1.165) is 22.9 Å². The fraction of sp³-hybridized carbons (Fsp3) is 0.227. The van der Waals surface area contributed by atoms with Crippen molar-refractivity contribution in [2.75, 3.05) is 5.32 Å². The van der Waals surface area contributed by atoms with Crippen LogP contribution in [0.25, 0.3) is 22.3 Å². The van der Waals surface area contributed by atoms with E-state index in [1.54, 1.807) is 24.8 Å². The average molecular weight is 436 g/mol. The Labute approximate surface area is 184 Å². The van der Waals surface area contributed by atoms with Gasteiger partial charge in [0.2, 0.25) is 5.91 Å². The van der Waals surface area contributed by atoms with Gasteiger partial charge in [-0.05, 0) is 38.0 Å². The Morgan fingerprint density at radius 2 is 2.06 bits per heavy atom. The highest BCUT2D eigenvalue weighted by Gasteiger charge is 2.17. The number of aromatic amines is 1. The summed E-state index contributed by atoms with van der Waals surface area (Å²) in [6, 6.07) is 5.43. The molecule has 1 unspecified atom stereocenters. The molecule has 4 heterocycles. The van der Waals surface area contributed by atoms with Gasteiger partial charge in [0.1, 0.15) is 5.65 Å². The van der Waals surface area contributed by atoms with E-state index in [4.69, 9.17) is 11.6 Å². The van der Waals surface area contributed by atoms with E-state index < -0.39 is 6.04 Å². The molecule has 31 heavy (non-hydrogen) atoms. The molecule has 0 radical (unpaired) electrons. The normalized spacial score (nSPS) is 13.1. The third-order valence-corrected chi connectivity index (χ3v) is 5.06. The number of fused-ring (bicyclic) bond motifs is 1. The summed E-state index contributed by atoms with van der Waals surface area (Å²) in [6.07, 6.45) is 10.9. The van der Waals surface area contributed by atoms with Gasteiger partial charge in [-0.15, -0.1) is 0 Å². The molecule has 158 valence electrons. The number of rotatable bonds is 7. The van der Waals surface area contributed by atoms with Crippen molar-refractivity contribution in [3.8, 4) is 11.3 Å². The van der Waals surface area contributed by atoms with Gasteiger partial charge in [0, 0.05) is 41.8 Å². The minimum absolute atomic E-state index is 0.103. The van der Waals surface area contributed by atoms with Crippen LogP contribution in [0.4, 0.5) is 5.82 Å². The summed E-state index contributed by atoms with van der Waals surface area (Å²) in [6.45, 7) is 3.85. The first kappa shape index (κ1) is 20.9. The van der Waals surface area contributed by atoms with Crippen molar-refractivity contribution in [3.63, 3.8) is 0 Å². The molecule has 8 nitrogen and oxygen atoms in total. The number of amides is 1. The van der Waals surface area contributed by atoms with Crippen molar-refractivity contribution < 1.29 is 4.79 Å². The van der Waals surface area contributed by atoms with Crippen LogP contribution in [-0.2, 0) is 11.2 Å². The molecule has 9 heteroatoms. The number of nitrogens with zero attached hydrogens (tertiary/aromatic N) is 4. The monoisotopic (exact) mass is 435 g/mol. The Morgan fingerprint density at radius 1 is 1.19 bits per heavy atom. The minimum Gasteiger partial charge on any atom is -0.345 e. The fourth-order valence-electron chi connectivity index (χ4n) is 3.41. The lowest BCUT2D eigenvalue weighted by atomic mass is 10.1. The van der Waals surface area contributed by atoms with Gasteiger partial charge in [-0.2, -0.15) is 0 Å². The van der Waals surface area contributed by atoms with Gasteiger partial charge in [0.05, 0.1) is 29.2 Å². The maximum absolute atomic E-state index is 12.7. The third-order valence-electron chi connectivity index (χ3n) is 4.85. The molecule has 1 amide bonds. The van der Waals surface area contributed by atoms with Crippen LogP contribution in [0.5, 0.6) is 0 Å². The number of anilines is 1. The number of carbonyl (C=O) groups is 1. The van der Waals surface area contributed by atoms with E-state index >= 15 is 0 Å². The van der Waals surface area contributed by atoms with Crippen molar-refractivity contribution in [1.82, 2.24) is 30.2 Å². The zero-order valence-electron chi connectivity index (χ0n) is 17.1. The summed E-state index contributed by atoms with van der Waals surface area (Å²) in [7, 11) is 0. The van der Waals surface area contributed by atoms with Gasteiger partial charge in [-0.25, -0.2) is 9.97 Å². The van der Waals surface area contributed by atoms with Crippen LogP contribution >= 0.6 is 11.6 Å². The maximum Gasteiger partial charge on any atom is 0.242 e.